The van der Waals surface area contributed by atoms with Gasteiger partial charge in [0.05, 0.1) is 0 Å². The molecule has 1 aliphatic rings. The Balaban J connectivity index is 1.42. The Bertz CT molecular complexity index is 718. The number of rotatable bonds is 9. The molecule has 28 heavy (non-hydrogen) atoms. The van der Waals surface area contributed by atoms with Gasteiger partial charge in [-0.1, -0.05) is 50.5 Å². The first-order valence-corrected chi connectivity index (χ1v) is 11.1. The van der Waals surface area contributed by atoms with Gasteiger partial charge in [-0.2, -0.15) is 13.8 Å². The number of aryl methyl sites for hydroxylation is 2. The van der Waals surface area contributed by atoms with Gasteiger partial charge < -0.3 is 0 Å². The van der Waals surface area contributed by atoms with Gasteiger partial charge in [-0.25, -0.2) is 0 Å². The second kappa shape index (κ2) is 10.7. The van der Waals surface area contributed by atoms with E-state index in [4.69, 9.17) is 0 Å². The molecular formula is C25H33F2N. The maximum absolute atomic E-state index is 13.7. The van der Waals surface area contributed by atoms with Crippen molar-refractivity contribution in [3.8, 4) is 0 Å². The minimum absolute atomic E-state index is 0.540. The van der Waals surface area contributed by atoms with Gasteiger partial charge in [0, 0.05) is 5.56 Å². The molecule has 0 aliphatic heterocycles. The fourth-order valence-electron chi connectivity index (χ4n) is 4.48. The smallest absolute Gasteiger partial charge is 0.190 e. The highest BCUT2D eigenvalue weighted by atomic mass is 19.1. The van der Waals surface area contributed by atoms with Gasteiger partial charge in [0.1, 0.15) is 0 Å². The number of unbranched alkanes of at least 4 members (excludes halogenated alkanes) is 3. The minimum Gasteiger partial charge on any atom is -0.190 e. The largest absolute Gasteiger partial charge is 0.218 e. The first-order chi connectivity index (χ1) is 13.7. The monoisotopic (exact) mass is 385 g/mol. The quantitative estimate of drug-likeness (QED) is 0.324. The lowest BCUT2D eigenvalue weighted by atomic mass is 9.77. The molecular weight excluding hydrogens is 352 g/mol. The Morgan fingerprint density at radius 2 is 1.61 bits per heavy atom. The zero-order valence-corrected chi connectivity index (χ0v) is 17.1. The predicted octanol–water partition coefficient (Wildman–Crippen LogP) is 7.39. The summed E-state index contributed by atoms with van der Waals surface area (Å²) < 4.78 is 26.6. The van der Waals surface area contributed by atoms with Crippen molar-refractivity contribution in [3.05, 3.63) is 65.0 Å². The van der Waals surface area contributed by atoms with Crippen LogP contribution >= 0.6 is 0 Å². The average molecular weight is 386 g/mol. The normalized spacial score (nSPS) is 19.7. The van der Waals surface area contributed by atoms with E-state index >= 15 is 0 Å². The van der Waals surface area contributed by atoms with Gasteiger partial charge in [-0.3, -0.25) is 0 Å². The summed E-state index contributed by atoms with van der Waals surface area (Å²) in [6.45, 7) is 2.25. The second-order valence-corrected chi connectivity index (χ2v) is 8.39. The predicted molar refractivity (Wildman–Crippen MR) is 111 cm³/mol. The number of hydrogen-bond acceptors (Lipinski definition) is 1. The van der Waals surface area contributed by atoms with Gasteiger partial charge in [0.25, 0.3) is 0 Å². The molecule has 1 heterocycles. The maximum Gasteiger partial charge on any atom is 0.218 e. The molecule has 3 rings (SSSR count). The third-order valence-corrected chi connectivity index (χ3v) is 6.33. The van der Waals surface area contributed by atoms with E-state index in [0.717, 1.165) is 6.42 Å². The van der Waals surface area contributed by atoms with Crippen molar-refractivity contribution in [2.75, 3.05) is 0 Å². The van der Waals surface area contributed by atoms with Gasteiger partial charge in [0.15, 0.2) is 0 Å². The summed E-state index contributed by atoms with van der Waals surface area (Å²) in [6, 6.07) is 12.1. The van der Waals surface area contributed by atoms with Gasteiger partial charge in [0.2, 0.25) is 11.9 Å². The van der Waals surface area contributed by atoms with E-state index in [2.05, 4.69) is 36.2 Å². The van der Waals surface area contributed by atoms with Crippen LogP contribution in [0.1, 0.15) is 87.3 Å². The molecule has 152 valence electrons. The number of halogens is 2. The van der Waals surface area contributed by atoms with Gasteiger partial charge in [-0.05, 0) is 86.5 Å². The molecule has 0 bridgehead atoms. The molecule has 1 saturated carbocycles. The Kier molecular flexibility index (Phi) is 8.00. The van der Waals surface area contributed by atoms with Crippen LogP contribution in [0.5, 0.6) is 0 Å². The number of hydrogen-bond donors (Lipinski definition) is 0. The van der Waals surface area contributed by atoms with Crippen LogP contribution in [0.15, 0.2) is 36.4 Å². The molecule has 0 spiro atoms. The summed E-state index contributed by atoms with van der Waals surface area (Å²) in [5, 5.41) is 0. The van der Waals surface area contributed by atoms with Gasteiger partial charge in [-0.15, -0.1) is 0 Å². The van der Waals surface area contributed by atoms with Crippen LogP contribution < -0.4 is 0 Å². The number of aromatic nitrogens is 1. The Morgan fingerprint density at radius 1 is 0.857 bits per heavy atom. The molecule has 1 aromatic carbocycles. The van der Waals surface area contributed by atoms with E-state index < -0.39 is 11.9 Å². The molecule has 1 nitrogen and oxygen atoms in total. The zero-order valence-electron chi connectivity index (χ0n) is 17.1. The van der Waals surface area contributed by atoms with Crippen LogP contribution in [-0.2, 0) is 12.8 Å². The Labute approximate surface area is 168 Å². The summed E-state index contributed by atoms with van der Waals surface area (Å²) in [4.78, 5) is 3.29. The van der Waals surface area contributed by atoms with E-state index in [1.807, 2.05) is 0 Å². The standard InChI is InChI=1S/C25H33F2N/c1-2-3-4-5-6-19-7-12-21(13-8-19)22-14-9-20(10-15-22)11-16-23-17-18-24(26)28-25(23)27/h7-8,12-13,17-18,20,22H,2-6,9-11,14-16H2,1H3/t20-,22-. The van der Waals surface area contributed by atoms with Crippen molar-refractivity contribution in [2.24, 2.45) is 5.92 Å². The van der Waals surface area contributed by atoms with Crippen LogP contribution in [0.3, 0.4) is 0 Å². The third-order valence-electron chi connectivity index (χ3n) is 6.33. The molecule has 0 unspecified atom stereocenters. The van der Waals surface area contributed by atoms with E-state index in [0.29, 0.717) is 23.8 Å². The third kappa shape index (κ3) is 6.12. The van der Waals surface area contributed by atoms with Crippen molar-refractivity contribution < 1.29 is 8.78 Å². The molecule has 2 aromatic rings. The van der Waals surface area contributed by atoms with Gasteiger partial charge >= 0.3 is 0 Å². The van der Waals surface area contributed by atoms with Crippen LogP contribution in [-0.4, -0.2) is 4.98 Å². The molecule has 0 amide bonds. The highest BCUT2D eigenvalue weighted by Crippen LogP contribution is 2.37. The minimum atomic E-state index is -0.742. The van der Waals surface area contributed by atoms with E-state index in [9.17, 15) is 8.78 Å². The maximum atomic E-state index is 13.7. The highest BCUT2D eigenvalue weighted by Gasteiger charge is 2.22. The lowest BCUT2D eigenvalue weighted by Gasteiger charge is -2.29. The van der Waals surface area contributed by atoms with Crippen molar-refractivity contribution in [1.82, 2.24) is 4.98 Å². The van der Waals surface area contributed by atoms with Crippen molar-refractivity contribution in [2.45, 2.75) is 83.5 Å². The number of pyridine rings is 1. The SMILES string of the molecule is CCCCCCc1ccc([C@H]2CC[C@H](CCc3ccc(F)nc3F)CC2)cc1. The average Bonchev–Trinajstić information content (AvgIpc) is 2.72. The fourth-order valence-corrected chi connectivity index (χ4v) is 4.48. The number of nitrogens with zero attached hydrogens (tertiary/aromatic N) is 1. The molecule has 3 heteroatoms. The summed E-state index contributed by atoms with van der Waals surface area (Å²) in [5.74, 6) is -0.0923. The first kappa shape index (κ1) is 21.0. The van der Waals surface area contributed by atoms with Crippen LogP contribution in [0, 0.1) is 17.8 Å². The topological polar surface area (TPSA) is 12.9 Å². The molecule has 0 saturated heterocycles. The molecule has 1 aliphatic carbocycles. The fraction of sp³-hybridized carbons (Fsp3) is 0.560. The lowest BCUT2D eigenvalue weighted by molar-refractivity contribution is 0.309. The summed E-state index contributed by atoms with van der Waals surface area (Å²) >= 11 is 0. The van der Waals surface area contributed by atoms with E-state index in [-0.39, 0.29) is 0 Å². The molecule has 1 fully saturated rings. The van der Waals surface area contributed by atoms with Crippen molar-refractivity contribution in [1.29, 1.82) is 0 Å². The van der Waals surface area contributed by atoms with Crippen molar-refractivity contribution in [3.63, 3.8) is 0 Å². The van der Waals surface area contributed by atoms with Crippen LogP contribution in [0.2, 0.25) is 0 Å². The number of benzene rings is 1. The highest BCUT2D eigenvalue weighted by molar-refractivity contribution is 5.26. The second-order valence-electron chi connectivity index (χ2n) is 8.39. The van der Waals surface area contributed by atoms with Crippen molar-refractivity contribution >= 4 is 0 Å². The molecule has 0 atom stereocenters. The molecule has 0 N–H and O–H groups in total. The first-order valence-electron chi connectivity index (χ1n) is 11.1. The molecule has 0 radical (unpaired) electrons. The molecule has 1 aromatic heterocycles. The summed E-state index contributed by atoms with van der Waals surface area (Å²) in [6.07, 6.45) is 12.9. The Hall–Kier alpha value is -1.77. The summed E-state index contributed by atoms with van der Waals surface area (Å²) in [7, 11) is 0. The Morgan fingerprint density at radius 3 is 2.29 bits per heavy atom. The van der Waals surface area contributed by atoms with E-state index in [1.54, 1.807) is 0 Å². The summed E-state index contributed by atoms with van der Waals surface area (Å²) in [5.41, 5.74) is 3.48. The lowest BCUT2D eigenvalue weighted by Crippen LogP contribution is -2.14. The van der Waals surface area contributed by atoms with Crippen LogP contribution in [0.25, 0.3) is 0 Å². The van der Waals surface area contributed by atoms with Crippen LogP contribution in [0.4, 0.5) is 8.78 Å². The van der Waals surface area contributed by atoms with E-state index in [1.165, 1.54) is 81.0 Å². The zero-order chi connectivity index (χ0) is 19.8.